The molecule has 1 heteroatoms. The van der Waals surface area contributed by atoms with E-state index in [0.717, 1.165) is 5.92 Å². The topological polar surface area (TPSA) is 12.0 Å². The van der Waals surface area contributed by atoms with E-state index < -0.39 is 0 Å². The summed E-state index contributed by atoms with van der Waals surface area (Å²) in [4.78, 5) is 0. The van der Waals surface area contributed by atoms with Crippen molar-refractivity contribution < 1.29 is 0 Å². The summed E-state index contributed by atoms with van der Waals surface area (Å²) < 4.78 is 0. The highest BCUT2D eigenvalue weighted by Crippen LogP contribution is 2.27. The van der Waals surface area contributed by atoms with Crippen molar-refractivity contribution >= 4 is 0 Å². The highest BCUT2D eigenvalue weighted by Gasteiger charge is 2.23. The number of hydrogen-bond acceptors (Lipinski definition) is 1. The van der Waals surface area contributed by atoms with Crippen molar-refractivity contribution in [3.05, 3.63) is 0 Å². The van der Waals surface area contributed by atoms with Crippen LogP contribution < -0.4 is 5.32 Å². The molecular formula is C11H19N. The predicted molar refractivity (Wildman–Crippen MR) is 52.9 cm³/mol. The maximum Gasteiger partial charge on any atom is 0.0660 e. The minimum atomic E-state index is 0.241. The van der Waals surface area contributed by atoms with Crippen LogP contribution in [-0.4, -0.2) is 12.1 Å². The fraction of sp³-hybridized carbons (Fsp3) is 0.818. The van der Waals surface area contributed by atoms with E-state index in [4.69, 9.17) is 6.42 Å². The van der Waals surface area contributed by atoms with Gasteiger partial charge in [-0.25, -0.2) is 0 Å². The fourth-order valence-electron chi connectivity index (χ4n) is 2.00. The third kappa shape index (κ3) is 2.53. The van der Waals surface area contributed by atoms with Crippen LogP contribution in [0, 0.1) is 18.3 Å². The van der Waals surface area contributed by atoms with Crippen molar-refractivity contribution in [2.24, 2.45) is 5.92 Å². The third-order valence-corrected chi connectivity index (χ3v) is 2.85. The molecule has 68 valence electrons. The molecule has 1 aliphatic carbocycles. The average Bonchev–Trinajstić information content (AvgIpc) is 2.52. The van der Waals surface area contributed by atoms with E-state index >= 15 is 0 Å². The Morgan fingerprint density at radius 3 is 2.83 bits per heavy atom. The molecule has 1 N–H and O–H groups in total. The Balaban J connectivity index is 2.24. The molecule has 12 heavy (non-hydrogen) atoms. The molecule has 0 aromatic heterocycles. The lowest BCUT2D eigenvalue weighted by molar-refractivity contribution is 0.465. The second-order valence-electron chi connectivity index (χ2n) is 3.84. The molecule has 0 radical (unpaired) electrons. The van der Waals surface area contributed by atoms with Crippen molar-refractivity contribution in [1.82, 2.24) is 5.32 Å². The molecule has 0 aromatic carbocycles. The summed E-state index contributed by atoms with van der Waals surface area (Å²) in [5.74, 6) is 3.65. The molecular weight excluding hydrogens is 146 g/mol. The second kappa shape index (κ2) is 4.52. The van der Waals surface area contributed by atoms with Crippen molar-refractivity contribution in [2.75, 3.05) is 0 Å². The van der Waals surface area contributed by atoms with Crippen LogP contribution in [0.15, 0.2) is 0 Å². The normalized spacial score (nSPS) is 31.4. The Labute approximate surface area is 75.9 Å². The zero-order chi connectivity index (χ0) is 8.97. The first-order chi connectivity index (χ1) is 5.76. The van der Waals surface area contributed by atoms with Gasteiger partial charge in [0.05, 0.1) is 6.04 Å². The summed E-state index contributed by atoms with van der Waals surface area (Å²) in [6, 6.07) is 0.923. The smallest absolute Gasteiger partial charge is 0.0660 e. The zero-order valence-corrected chi connectivity index (χ0v) is 8.14. The molecule has 1 saturated carbocycles. The van der Waals surface area contributed by atoms with Crippen LogP contribution in [0.4, 0.5) is 0 Å². The molecule has 3 atom stereocenters. The van der Waals surface area contributed by atoms with Gasteiger partial charge in [-0.05, 0) is 32.1 Å². The minimum absolute atomic E-state index is 0.241. The van der Waals surface area contributed by atoms with Gasteiger partial charge in [0.1, 0.15) is 0 Å². The fourth-order valence-corrected chi connectivity index (χ4v) is 2.00. The van der Waals surface area contributed by atoms with Crippen LogP contribution >= 0.6 is 0 Å². The first-order valence-corrected chi connectivity index (χ1v) is 4.98. The van der Waals surface area contributed by atoms with E-state index in [2.05, 4.69) is 25.1 Å². The molecule has 1 aliphatic rings. The number of nitrogens with one attached hydrogen (secondary N) is 1. The summed E-state index contributed by atoms with van der Waals surface area (Å²) in [5, 5.41) is 3.46. The van der Waals surface area contributed by atoms with E-state index in [9.17, 15) is 0 Å². The summed E-state index contributed by atoms with van der Waals surface area (Å²) in [6.07, 6.45) is 10.6. The van der Waals surface area contributed by atoms with Gasteiger partial charge in [0, 0.05) is 6.04 Å². The summed E-state index contributed by atoms with van der Waals surface area (Å²) >= 11 is 0. The largest absolute Gasteiger partial charge is 0.301 e. The predicted octanol–water partition coefficient (Wildman–Crippen LogP) is 2.18. The monoisotopic (exact) mass is 165 g/mol. The van der Waals surface area contributed by atoms with Crippen molar-refractivity contribution in [3.63, 3.8) is 0 Å². The standard InChI is InChI=1S/C11H19N/c1-4-9(3)12-11-7-6-10(5-2)8-11/h1,9-12H,5-8H2,2-3H3. The van der Waals surface area contributed by atoms with E-state index in [0.29, 0.717) is 6.04 Å². The van der Waals surface area contributed by atoms with Gasteiger partial charge in [0.2, 0.25) is 0 Å². The van der Waals surface area contributed by atoms with Crippen molar-refractivity contribution in [3.8, 4) is 12.3 Å². The van der Waals surface area contributed by atoms with Gasteiger partial charge in [-0.2, -0.15) is 0 Å². The first-order valence-electron chi connectivity index (χ1n) is 4.98. The molecule has 1 nitrogen and oxygen atoms in total. The lowest BCUT2D eigenvalue weighted by atomic mass is 10.1. The van der Waals surface area contributed by atoms with Gasteiger partial charge in [-0.15, -0.1) is 6.42 Å². The van der Waals surface area contributed by atoms with E-state index in [1.165, 1.54) is 25.7 Å². The van der Waals surface area contributed by atoms with Crippen molar-refractivity contribution in [1.29, 1.82) is 0 Å². The highest BCUT2D eigenvalue weighted by atomic mass is 14.9. The van der Waals surface area contributed by atoms with Gasteiger partial charge >= 0.3 is 0 Å². The first kappa shape index (κ1) is 9.61. The second-order valence-corrected chi connectivity index (χ2v) is 3.84. The quantitative estimate of drug-likeness (QED) is 0.632. The molecule has 0 saturated heterocycles. The van der Waals surface area contributed by atoms with Crippen LogP contribution in [0.2, 0.25) is 0 Å². The van der Waals surface area contributed by atoms with Gasteiger partial charge in [-0.3, -0.25) is 0 Å². The number of hydrogen-bond donors (Lipinski definition) is 1. The molecule has 0 aliphatic heterocycles. The molecule has 0 amide bonds. The van der Waals surface area contributed by atoms with Gasteiger partial charge in [0.15, 0.2) is 0 Å². The Kier molecular flexibility index (Phi) is 3.62. The molecule has 3 unspecified atom stereocenters. The van der Waals surface area contributed by atoms with Crippen molar-refractivity contribution in [2.45, 2.75) is 51.6 Å². The van der Waals surface area contributed by atoms with Gasteiger partial charge < -0.3 is 5.32 Å². The summed E-state index contributed by atoms with van der Waals surface area (Å²) in [6.45, 7) is 4.33. The highest BCUT2D eigenvalue weighted by molar-refractivity contribution is 4.98. The average molecular weight is 165 g/mol. The van der Waals surface area contributed by atoms with Crippen LogP contribution in [-0.2, 0) is 0 Å². The van der Waals surface area contributed by atoms with E-state index in [1.54, 1.807) is 0 Å². The molecule has 0 bridgehead atoms. The van der Waals surface area contributed by atoms with E-state index in [-0.39, 0.29) is 6.04 Å². The Morgan fingerprint density at radius 1 is 1.58 bits per heavy atom. The van der Waals surface area contributed by atoms with E-state index in [1.807, 2.05) is 0 Å². The minimum Gasteiger partial charge on any atom is -0.301 e. The van der Waals surface area contributed by atoms with Crippen LogP contribution in [0.5, 0.6) is 0 Å². The van der Waals surface area contributed by atoms with Crippen LogP contribution in [0.3, 0.4) is 0 Å². The Hall–Kier alpha value is -0.480. The Morgan fingerprint density at radius 2 is 2.33 bits per heavy atom. The van der Waals surface area contributed by atoms with Crippen LogP contribution in [0.25, 0.3) is 0 Å². The molecule has 0 spiro atoms. The molecule has 1 fully saturated rings. The maximum absolute atomic E-state index is 5.30. The molecule has 0 heterocycles. The maximum atomic E-state index is 5.30. The zero-order valence-electron chi connectivity index (χ0n) is 8.14. The third-order valence-electron chi connectivity index (χ3n) is 2.85. The lowest BCUT2D eigenvalue weighted by Crippen LogP contribution is -2.33. The number of rotatable bonds is 3. The summed E-state index contributed by atoms with van der Waals surface area (Å²) in [5.41, 5.74) is 0. The summed E-state index contributed by atoms with van der Waals surface area (Å²) in [7, 11) is 0. The number of terminal acetylenes is 1. The van der Waals surface area contributed by atoms with Gasteiger partial charge in [0.25, 0.3) is 0 Å². The lowest BCUT2D eigenvalue weighted by Gasteiger charge is -2.14. The van der Waals surface area contributed by atoms with Gasteiger partial charge in [-0.1, -0.05) is 19.3 Å². The van der Waals surface area contributed by atoms with Crippen LogP contribution in [0.1, 0.15) is 39.5 Å². The Bertz CT molecular complexity index is 168. The SMILES string of the molecule is C#CC(C)NC1CCC(CC)C1. The molecule has 1 rings (SSSR count). The molecule has 0 aromatic rings.